The third-order valence-electron chi connectivity index (χ3n) is 2.98. The lowest BCUT2D eigenvalue weighted by molar-refractivity contribution is 0.556. The number of rotatable bonds is 4. The number of nitrogens with one attached hydrogen (secondary N) is 1. The number of hydrogen-bond donors (Lipinski definition) is 1. The van der Waals surface area contributed by atoms with Gasteiger partial charge in [-0.1, -0.05) is 18.2 Å². The molecule has 1 heterocycles. The van der Waals surface area contributed by atoms with E-state index in [0.717, 1.165) is 11.3 Å². The van der Waals surface area contributed by atoms with Crippen LogP contribution >= 0.6 is 0 Å². The lowest BCUT2D eigenvalue weighted by Gasteiger charge is -2.13. The summed E-state index contributed by atoms with van der Waals surface area (Å²) in [7, 11) is 0. The molecule has 18 heavy (non-hydrogen) atoms. The van der Waals surface area contributed by atoms with Crippen LogP contribution in [0.4, 0.5) is 4.39 Å². The molecule has 1 aromatic carbocycles. The van der Waals surface area contributed by atoms with Crippen molar-refractivity contribution >= 4 is 0 Å². The van der Waals surface area contributed by atoms with Crippen molar-refractivity contribution in [3.8, 4) is 0 Å². The summed E-state index contributed by atoms with van der Waals surface area (Å²) in [5.74, 6) is -0.153. The smallest absolute Gasteiger partial charge is 0.126 e. The summed E-state index contributed by atoms with van der Waals surface area (Å²) < 4.78 is 13.4. The minimum Gasteiger partial charge on any atom is -0.305 e. The number of halogens is 1. The van der Waals surface area contributed by atoms with Crippen molar-refractivity contribution in [2.24, 2.45) is 0 Å². The van der Waals surface area contributed by atoms with Crippen LogP contribution in [0, 0.1) is 12.7 Å². The third-order valence-corrected chi connectivity index (χ3v) is 2.98. The molecule has 1 atom stereocenters. The van der Waals surface area contributed by atoms with Gasteiger partial charge in [-0.15, -0.1) is 0 Å². The largest absolute Gasteiger partial charge is 0.305 e. The van der Waals surface area contributed by atoms with Crippen LogP contribution in [0.5, 0.6) is 0 Å². The number of hydrogen-bond acceptors (Lipinski definition) is 2. The van der Waals surface area contributed by atoms with E-state index < -0.39 is 0 Å². The maximum absolute atomic E-state index is 13.4. The Morgan fingerprint density at radius 1 is 1.28 bits per heavy atom. The van der Waals surface area contributed by atoms with E-state index in [-0.39, 0.29) is 11.9 Å². The first-order valence-electron chi connectivity index (χ1n) is 6.06. The van der Waals surface area contributed by atoms with E-state index in [2.05, 4.69) is 10.3 Å². The molecule has 0 bridgehead atoms. The van der Waals surface area contributed by atoms with Crippen LogP contribution < -0.4 is 5.32 Å². The van der Waals surface area contributed by atoms with Crippen molar-refractivity contribution in [1.29, 1.82) is 0 Å². The summed E-state index contributed by atoms with van der Waals surface area (Å²) in [6.07, 6.45) is 1.78. The van der Waals surface area contributed by atoms with Crippen molar-refractivity contribution in [2.45, 2.75) is 26.4 Å². The Hall–Kier alpha value is -1.74. The number of aryl methyl sites for hydroxylation is 1. The van der Waals surface area contributed by atoms with E-state index in [9.17, 15) is 4.39 Å². The van der Waals surface area contributed by atoms with Gasteiger partial charge in [-0.25, -0.2) is 4.39 Å². The van der Waals surface area contributed by atoms with Crippen molar-refractivity contribution in [3.05, 3.63) is 65.2 Å². The summed E-state index contributed by atoms with van der Waals surface area (Å²) >= 11 is 0. The van der Waals surface area contributed by atoms with Gasteiger partial charge >= 0.3 is 0 Å². The highest BCUT2D eigenvalue weighted by atomic mass is 19.1. The molecule has 1 N–H and O–H groups in total. The van der Waals surface area contributed by atoms with Gasteiger partial charge < -0.3 is 5.32 Å². The van der Waals surface area contributed by atoms with Gasteiger partial charge in [0.05, 0.1) is 5.69 Å². The molecule has 94 valence electrons. The molecule has 3 heteroatoms. The van der Waals surface area contributed by atoms with Crippen LogP contribution in [0.3, 0.4) is 0 Å². The van der Waals surface area contributed by atoms with Gasteiger partial charge in [-0.3, -0.25) is 4.98 Å². The second-order valence-electron chi connectivity index (χ2n) is 4.44. The minimum atomic E-state index is -0.153. The predicted octanol–water partition coefficient (Wildman–Crippen LogP) is 3.38. The van der Waals surface area contributed by atoms with Crippen LogP contribution in [0.1, 0.15) is 29.8 Å². The molecule has 0 saturated heterocycles. The highest BCUT2D eigenvalue weighted by molar-refractivity contribution is 5.23. The van der Waals surface area contributed by atoms with E-state index >= 15 is 0 Å². The molecule has 2 aromatic rings. The Morgan fingerprint density at radius 2 is 2.11 bits per heavy atom. The highest BCUT2D eigenvalue weighted by Crippen LogP contribution is 2.12. The van der Waals surface area contributed by atoms with Crippen molar-refractivity contribution in [3.63, 3.8) is 0 Å². The highest BCUT2D eigenvalue weighted by Gasteiger charge is 2.06. The lowest BCUT2D eigenvalue weighted by Crippen LogP contribution is -2.19. The summed E-state index contributed by atoms with van der Waals surface area (Å²) in [5, 5.41) is 3.33. The van der Waals surface area contributed by atoms with E-state index in [4.69, 9.17) is 0 Å². The van der Waals surface area contributed by atoms with Crippen LogP contribution in [-0.2, 0) is 6.54 Å². The molecule has 0 fully saturated rings. The zero-order chi connectivity index (χ0) is 13.0. The van der Waals surface area contributed by atoms with Crippen LogP contribution in [0.15, 0.2) is 42.6 Å². The number of aromatic nitrogens is 1. The van der Waals surface area contributed by atoms with Gasteiger partial charge in [0.25, 0.3) is 0 Å². The Labute approximate surface area is 107 Å². The molecule has 0 amide bonds. The molecule has 0 aliphatic heterocycles. The molecule has 0 aliphatic rings. The SMILES string of the molecule is Cc1ccc(CN[C@H](C)c2ccccn2)cc1F. The van der Waals surface area contributed by atoms with Crippen molar-refractivity contribution in [1.82, 2.24) is 10.3 Å². The molecule has 0 unspecified atom stereocenters. The Bertz CT molecular complexity index is 511. The molecule has 2 rings (SSSR count). The summed E-state index contributed by atoms with van der Waals surface area (Å²) in [4.78, 5) is 4.29. The van der Waals surface area contributed by atoms with E-state index in [1.807, 2.05) is 31.2 Å². The Balaban J connectivity index is 1.97. The molecular formula is C15H17FN2. The lowest BCUT2D eigenvalue weighted by atomic mass is 10.1. The van der Waals surface area contributed by atoms with Crippen LogP contribution in [0.25, 0.3) is 0 Å². The minimum absolute atomic E-state index is 0.149. The zero-order valence-electron chi connectivity index (χ0n) is 10.7. The van der Waals surface area contributed by atoms with Gasteiger partial charge in [-0.2, -0.15) is 0 Å². The molecule has 0 aliphatic carbocycles. The van der Waals surface area contributed by atoms with E-state index in [1.54, 1.807) is 25.3 Å². The monoisotopic (exact) mass is 244 g/mol. The summed E-state index contributed by atoms with van der Waals surface area (Å²) in [6, 6.07) is 11.3. The first-order chi connectivity index (χ1) is 8.66. The number of nitrogens with zero attached hydrogens (tertiary/aromatic N) is 1. The molecule has 1 aromatic heterocycles. The van der Waals surface area contributed by atoms with Gasteiger partial charge in [0, 0.05) is 18.8 Å². The maximum atomic E-state index is 13.4. The van der Waals surface area contributed by atoms with Gasteiger partial charge in [-0.05, 0) is 43.2 Å². The van der Waals surface area contributed by atoms with Gasteiger partial charge in [0.1, 0.15) is 5.82 Å². The standard InChI is InChI=1S/C15H17FN2/c1-11-6-7-13(9-14(11)16)10-18-12(2)15-5-3-4-8-17-15/h3-9,12,18H,10H2,1-2H3/t12-/m1/s1. The van der Waals surface area contributed by atoms with Gasteiger partial charge in [0.2, 0.25) is 0 Å². The second-order valence-corrected chi connectivity index (χ2v) is 4.44. The quantitative estimate of drug-likeness (QED) is 0.891. The van der Waals surface area contributed by atoms with Gasteiger partial charge in [0.15, 0.2) is 0 Å². The maximum Gasteiger partial charge on any atom is 0.126 e. The predicted molar refractivity (Wildman–Crippen MR) is 70.6 cm³/mol. The van der Waals surface area contributed by atoms with Crippen molar-refractivity contribution < 1.29 is 4.39 Å². The van der Waals surface area contributed by atoms with Crippen LogP contribution in [-0.4, -0.2) is 4.98 Å². The number of benzene rings is 1. The van der Waals surface area contributed by atoms with E-state index in [0.29, 0.717) is 12.1 Å². The first-order valence-corrected chi connectivity index (χ1v) is 6.06. The fraction of sp³-hybridized carbons (Fsp3) is 0.267. The zero-order valence-corrected chi connectivity index (χ0v) is 10.7. The summed E-state index contributed by atoms with van der Waals surface area (Å²) in [6.45, 7) is 4.45. The summed E-state index contributed by atoms with van der Waals surface area (Å²) in [5.41, 5.74) is 2.61. The fourth-order valence-corrected chi connectivity index (χ4v) is 1.75. The Kier molecular flexibility index (Phi) is 4.05. The molecule has 0 radical (unpaired) electrons. The fourth-order valence-electron chi connectivity index (χ4n) is 1.75. The third kappa shape index (κ3) is 3.14. The molecular weight excluding hydrogens is 227 g/mol. The van der Waals surface area contributed by atoms with E-state index in [1.165, 1.54) is 0 Å². The molecule has 0 saturated carbocycles. The molecule has 0 spiro atoms. The number of pyridine rings is 1. The average Bonchev–Trinajstić information content (AvgIpc) is 2.41. The molecule has 2 nitrogen and oxygen atoms in total. The average molecular weight is 244 g/mol. The topological polar surface area (TPSA) is 24.9 Å². The second kappa shape index (κ2) is 5.74. The first kappa shape index (κ1) is 12.7. The normalized spacial score (nSPS) is 12.4. The van der Waals surface area contributed by atoms with Crippen molar-refractivity contribution in [2.75, 3.05) is 0 Å². The Morgan fingerprint density at radius 3 is 2.78 bits per heavy atom. The van der Waals surface area contributed by atoms with Crippen LogP contribution in [0.2, 0.25) is 0 Å².